The molecule has 2 atom stereocenters. The average Bonchev–Trinajstić information content (AvgIpc) is 2.35. The van der Waals surface area contributed by atoms with Gasteiger partial charge >= 0.3 is 18.1 Å². The van der Waals surface area contributed by atoms with E-state index in [4.69, 9.17) is 10.2 Å². The Morgan fingerprint density at radius 2 is 1.40 bits per heavy atom. The summed E-state index contributed by atoms with van der Waals surface area (Å²) in [6.45, 7) is 0. The zero-order chi connectivity index (χ0) is 15.7. The molecule has 1 rings (SSSR count). The fraction of sp³-hybridized carbons (Fsp3) is 0.273. The molecule has 0 saturated carbocycles. The lowest BCUT2D eigenvalue weighted by Gasteiger charge is -2.26. The Hall–Kier alpha value is -2.13. The number of carboxylic acid groups (broad SMARTS) is 2. The van der Waals surface area contributed by atoms with Gasteiger partial charge in [0, 0.05) is 0 Å². The van der Waals surface area contributed by atoms with E-state index in [9.17, 15) is 33.0 Å². The van der Waals surface area contributed by atoms with Crippen molar-refractivity contribution in [3.63, 3.8) is 0 Å². The third-order valence-electron chi connectivity index (χ3n) is 2.61. The van der Waals surface area contributed by atoms with Crippen LogP contribution in [0.3, 0.4) is 0 Å². The smallest absolute Gasteiger partial charge is 0.416 e. The highest BCUT2D eigenvalue weighted by Crippen LogP contribution is 2.32. The van der Waals surface area contributed by atoms with Gasteiger partial charge in [-0.3, -0.25) is 0 Å². The van der Waals surface area contributed by atoms with Crippen molar-refractivity contribution in [1.29, 1.82) is 0 Å². The number of halogens is 3. The number of rotatable bonds is 4. The number of aliphatic hydroxyl groups excluding tert-OH is 1. The predicted octanol–water partition coefficient (Wildman–Crippen LogP) is 0.423. The largest absolute Gasteiger partial charge is 0.479 e. The zero-order valence-corrected chi connectivity index (χ0v) is 9.63. The lowest BCUT2D eigenvalue weighted by Crippen LogP contribution is -2.50. The Kier molecular flexibility index (Phi) is 4.06. The third kappa shape index (κ3) is 2.73. The number of hydrogen-bond donors (Lipinski definition) is 4. The van der Waals surface area contributed by atoms with E-state index in [0.29, 0.717) is 24.3 Å². The van der Waals surface area contributed by atoms with Crippen LogP contribution in [0.4, 0.5) is 13.2 Å². The molecule has 0 aliphatic heterocycles. The molecular formula is C11H9F3O6. The standard InChI is InChI=1S/C11H9F3O6/c12-11(13,14)6-3-1-5(2-4-6)10(20,9(18)19)7(15)8(16)17/h1-4,7,15,20H,(H,16,17)(H,18,19). The van der Waals surface area contributed by atoms with Crippen molar-refractivity contribution in [1.82, 2.24) is 0 Å². The second kappa shape index (κ2) is 5.10. The summed E-state index contributed by atoms with van der Waals surface area (Å²) < 4.78 is 37.0. The van der Waals surface area contributed by atoms with Crippen LogP contribution in [0, 0.1) is 0 Å². The number of hydrogen-bond acceptors (Lipinski definition) is 4. The van der Waals surface area contributed by atoms with Crippen molar-refractivity contribution in [2.75, 3.05) is 0 Å². The first-order valence-electron chi connectivity index (χ1n) is 5.05. The van der Waals surface area contributed by atoms with Crippen LogP contribution in [0.5, 0.6) is 0 Å². The Labute approximate surface area is 109 Å². The molecule has 4 N–H and O–H groups in total. The summed E-state index contributed by atoms with van der Waals surface area (Å²) in [5, 5.41) is 36.4. The van der Waals surface area contributed by atoms with Crippen molar-refractivity contribution >= 4 is 11.9 Å². The van der Waals surface area contributed by atoms with Gasteiger partial charge in [0.1, 0.15) is 0 Å². The maximum atomic E-state index is 12.3. The third-order valence-corrected chi connectivity index (χ3v) is 2.61. The van der Waals surface area contributed by atoms with Crippen LogP contribution in [-0.4, -0.2) is 38.5 Å². The Morgan fingerprint density at radius 3 is 1.70 bits per heavy atom. The van der Waals surface area contributed by atoms with Gasteiger partial charge in [0.15, 0.2) is 6.10 Å². The first kappa shape index (κ1) is 15.9. The molecule has 0 saturated heterocycles. The van der Waals surface area contributed by atoms with Gasteiger partial charge in [-0.15, -0.1) is 0 Å². The summed E-state index contributed by atoms with van der Waals surface area (Å²) in [6, 6.07) is 2.11. The predicted molar refractivity (Wildman–Crippen MR) is 56.6 cm³/mol. The minimum Gasteiger partial charge on any atom is -0.479 e. The molecule has 0 aliphatic rings. The number of carboxylic acids is 2. The monoisotopic (exact) mass is 294 g/mol. The van der Waals surface area contributed by atoms with Gasteiger partial charge in [-0.05, 0) is 17.7 Å². The lowest BCUT2D eigenvalue weighted by atomic mass is 9.87. The molecule has 110 valence electrons. The van der Waals surface area contributed by atoms with E-state index in [1.165, 1.54) is 0 Å². The lowest BCUT2D eigenvalue weighted by molar-refractivity contribution is -0.185. The minimum absolute atomic E-state index is 0.470. The van der Waals surface area contributed by atoms with Gasteiger partial charge in [-0.25, -0.2) is 9.59 Å². The molecule has 2 unspecified atom stereocenters. The van der Waals surface area contributed by atoms with Crippen LogP contribution in [0.25, 0.3) is 0 Å². The number of aliphatic carboxylic acids is 2. The second-order valence-electron chi connectivity index (χ2n) is 3.89. The van der Waals surface area contributed by atoms with Crippen LogP contribution in [0.15, 0.2) is 24.3 Å². The van der Waals surface area contributed by atoms with E-state index in [1.54, 1.807) is 0 Å². The van der Waals surface area contributed by atoms with Crippen LogP contribution in [0.2, 0.25) is 0 Å². The maximum absolute atomic E-state index is 12.3. The summed E-state index contributed by atoms with van der Waals surface area (Å²) in [5.41, 5.74) is -5.05. The molecule has 0 heterocycles. The van der Waals surface area contributed by atoms with E-state index < -0.39 is 40.9 Å². The molecule has 1 aromatic rings. The molecule has 1 aromatic carbocycles. The number of carbonyl (C=O) groups is 2. The number of alkyl halides is 3. The van der Waals surface area contributed by atoms with E-state index in [0.717, 1.165) is 0 Å². The molecule has 0 bridgehead atoms. The summed E-state index contributed by atoms with van der Waals surface area (Å²) in [5.74, 6) is -4.14. The summed E-state index contributed by atoms with van der Waals surface area (Å²) in [4.78, 5) is 21.6. The molecule has 9 heteroatoms. The SMILES string of the molecule is O=C(O)C(O)C(O)(C(=O)O)c1ccc(C(F)(F)F)cc1. The van der Waals surface area contributed by atoms with E-state index in [-0.39, 0.29) is 0 Å². The quantitative estimate of drug-likeness (QED) is 0.640. The van der Waals surface area contributed by atoms with Crippen molar-refractivity contribution in [3.8, 4) is 0 Å². The maximum Gasteiger partial charge on any atom is 0.416 e. The summed E-state index contributed by atoms with van der Waals surface area (Å²) >= 11 is 0. The number of aliphatic hydroxyl groups is 2. The molecule has 0 spiro atoms. The highest BCUT2D eigenvalue weighted by Gasteiger charge is 2.49. The van der Waals surface area contributed by atoms with Crippen LogP contribution >= 0.6 is 0 Å². The minimum atomic E-state index is -4.68. The van der Waals surface area contributed by atoms with Crippen molar-refractivity contribution < 1.29 is 43.2 Å². The molecule has 0 fully saturated rings. The number of benzene rings is 1. The topological polar surface area (TPSA) is 115 Å². The molecule has 0 aromatic heterocycles. The zero-order valence-electron chi connectivity index (χ0n) is 9.63. The van der Waals surface area contributed by atoms with Gasteiger partial charge in [0.25, 0.3) is 0 Å². The fourth-order valence-electron chi connectivity index (χ4n) is 1.49. The normalized spacial score (nSPS) is 16.2. The molecule has 0 amide bonds. The van der Waals surface area contributed by atoms with E-state index in [2.05, 4.69) is 0 Å². The Bertz CT molecular complexity index is 524. The Morgan fingerprint density at radius 1 is 1.00 bits per heavy atom. The molecule has 0 radical (unpaired) electrons. The van der Waals surface area contributed by atoms with Crippen LogP contribution in [-0.2, 0) is 21.4 Å². The highest BCUT2D eigenvalue weighted by molar-refractivity contribution is 5.88. The Balaban J connectivity index is 3.31. The van der Waals surface area contributed by atoms with Crippen LogP contribution < -0.4 is 0 Å². The summed E-state index contributed by atoms with van der Waals surface area (Å²) in [7, 11) is 0. The molecule has 6 nitrogen and oxygen atoms in total. The van der Waals surface area contributed by atoms with Gasteiger partial charge < -0.3 is 20.4 Å². The van der Waals surface area contributed by atoms with Crippen molar-refractivity contribution in [3.05, 3.63) is 35.4 Å². The van der Waals surface area contributed by atoms with Gasteiger partial charge in [0.05, 0.1) is 5.56 Å². The average molecular weight is 294 g/mol. The molecular weight excluding hydrogens is 285 g/mol. The van der Waals surface area contributed by atoms with Gasteiger partial charge in [0.2, 0.25) is 5.60 Å². The van der Waals surface area contributed by atoms with Crippen molar-refractivity contribution in [2.45, 2.75) is 17.9 Å². The van der Waals surface area contributed by atoms with E-state index in [1.807, 2.05) is 0 Å². The molecule has 0 aliphatic carbocycles. The first-order chi connectivity index (χ1) is 9.01. The first-order valence-corrected chi connectivity index (χ1v) is 5.05. The highest BCUT2D eigenvalue weighted by atomic mass is 19.4. The van der Waals surface area contributed by atoms with Crippen LogP contribution in [0.1, 0.15) is 11.1 Å². The summed E-state index contributed by atoms with van der Waals surface area (Å²) in [6.07, 6.45) is -7.41. The van der Waals surface area contributed by atoms with E-state index >= 15 is 0 Å². The van der Waals surface area contributed by atoms with Gasteiger partial charge in [-0.2, -0.15) is 13.2 Å². The van der Waals surface area contributed by atoms with Crippen molar-refractivity contribution in [2.24, 2.45) is 0 Å². The molecule has 20 heavy (non-hydrogen) atoms. The fourth-order valence-corrected chi connectivity index (χ4v) is 1.49. The second-order valence-corrected chi connectivity index (χ2v) is 3.89. The van der Waals surface area contributed by atoms with Gasteiger partial charge in [-0.1, -0.05) is 12.1 Å².